The van der Waals surface area contributed by atoms with Gasteiger partial charge in [-0.25, -0.2) is 12.7 Å². The summed E-state index contributed by atoms with van der Waals surface area (Å²) in [6, 6.07) is 3.72. The van der Waals surface area contributed by atoms with E-state index in [0.29, 0.717) is 18.7 Å². The fourth-order valence-electron chi connectivity index (χ4n) is 3.01. The Balaban J connectivity index is 2.30. The summed E-state index contributed by atoms with van der Waals surface area (Å²) in [6.07, 6.45) is 1.32. The summed E-state index contributed by atoms with van der Waals surface area (Å²) in [7, 11) is 0.660. The largest absolute Gasteiger partial charge is 0.495 e. The molecule has 1 fully saturated rings. The van der Waals surface area contributed by atoms with E-state index in [4.69, 9.17) is 4.74 Å². The molecule has 2 amide bonds. The van der Waals surface area contributed by atoms with Gasteiger partial charge in [-0.05, 0) is 31.0 Å². The maximum absolute atomic E-state index is 12.8. The van der Waals surface area contributed by atoms with E-state index in [9.17, 15) is 18.0 Å². The second-order valence-electron chi connectivity index (χ2n) is 6.98. The Kier molecular flexibility index (Phi) is 6.48. The molecule has 0 saturated carbocycles. The number of hydrogen-bond acceptors (Lipinski definition) is 5. The molecule has 1 heterocycles. The van der Waals surface area contributed by atoms with Gasteiger partial charge in [-0.1, -0.05) is 13.8 Å². The number of sulfonamides is 1. The molecule has 2 rings (SSSR count). The van der Waals surface area contributed by atoms with Crippen LogP contribution in [-0.2, 0) is 19.6 Å². The Morgan fingerprint density at radius 1 is 1.30 bits per heavy atom. The van der Waals surface area contributed by atoms with Crippen LogP contribution in [0.5, 0.6) is 5.75 Å². The molecule has 1 unspecified atom stereocenters. The molecule has 0 radical (unpaired) electrons. The smallest absolute Gasteiger partial charge is 0.247 e. The number of likely N-dealkylation sites (tertiary alicyclic amines) is 1. The molecule has 0 aromatic heterocycles. The molecular formula is C18H27N3O5S. The van der Waals surface area contributed by atoms with Crippen molar-refractivity contribution in [3.8, 4) is 5.75 Å². The molecule has 0 spiro atoms. The van der Waals surface area contributed by atoms with Gasteiger partial charge in [0.25, 0.3) is 0 Å². The van der Waals surface area contributed by atoms with Crippen LogP contribution in [-0.4, -0.2) is 63.2 Å². The first-order chi connectivity index (χ1) is 12.6. The SMILES string of the molecule is COc1ccc(S(=O)(=O)N(C)C)cc1NC(=O)C1CCCN1C(=O)C(C)C. The predicted octanol–water partition coefficient (Wildman–Crippen LogP) is 1.53. The second kappa shape index (κ2) is 8.26. The highest BCUT2D eigenvalue weighted by atomic mass is 32.2. The zero-order valence-electron chi connectivity index (χ0n) is 16.4. The highest BCUT2D eigenvalue weighted by molar-refractivity contribution is 7.89. The van der Waals surface area contributed by atoms with Crippen molar-refractivity contribution in [2.75, 3.05) is 33.1 Å². The molecule has 0 bridgehead atoms. The van der Waals surface area contributed by atoms with Crippen molar-refractivity contribution in [3.63, 3.8) is 0 Å². The molecular weight excluding hydrogens is 370 g/mol. The quantitative estimate of drug-likeness (QED) is 0.785. The van der Waals surface area contributed by atoms with Crippen molar-refractivity contribution in [2.45, 2.75) is 37.6 Å². The van der Waals surface area contributed by atoms with Gasteiger partial charge < -0.3 is 15.0 Å². The first-order valence-electron chi connectivity index (χ1n) is 8.81. The molecule has 27 heavy (non-hydrogen) atoms. The third-order valence-corrected chi connectivity index (χ3v) is 6.35. The molecule has 0 aliphatic carbocycles. The van der Waals surface area contributed by atoms with Crippen molar-refractivity contribution in [1.82, 2.24) is 9.21 Å². The summed E-state index contributed by atoms with van der Waals surface area (Å²) in [6.45, 7) is 4.14. The summed E-state index contributed by atoms with van der Waals surface area (Å²) >= 11 is 0. The zero-order valence-corrected chi connectivity index (χ0v) is 17.2. The number of carbonyl (C=O) groups is 2. The highest BCUT2D eigenvalue weighted by Gasteiger charge is 2.35. The summed E-state index contributed by atoms with van der Waals surface area (Å²) < 4.78 is 31.1. The number of nitrogens with one attached hydrogen (secondary N) is 1. The Morgan fingerprint density at radius 3 is 2.52 bits per heavy atom. The number of anilines is 1. The minimum Gasteiger partial charge on any atom is -0.495 e. The van der Waals surface area contributed by atoms with Crippen LogP contribution in [0.2, 0.25) is 0 Å². The van der Waals surface area contributed by atoms with Crippen molar-refractivity contribution < 1.29 is 22.7 Å². The number of ether oxygens (including phenoxy) is 1. The molecule has 1 aromatic rings. The van der Waals surface area contributed by atoms with Gasteiger partial charge in [0.1, 0.15) is 11.8 Å². The minimum atomic E-state index is -3.65. The van der Waals surface area contributed by atoms with Crippen molar-refractivity contribution in [2.24, 2.45) is 5.92 Å². The maximum Gasteiger partial charge on any atom is 0.247 e. The van der Waals surface area contributed by atoms with Gasteiger partial charge in [0.05, 0.1) is 17.7 Å². The van der Waals surface area contributed by atoms with Crippen LogP contribution in [0.4, 0.5) is 5.69 Å². The highest BCUT2D eigenvalue weighted by Crippen LogP contribution is 2.30. The molecule has 8 nitrogen and oxygen atoms in total. The molecule has 1 atom stereocenters. The molecule has 9 heteroatoms. The topological polar surface area (TPSA) is 96.0 Å². The Morgan fingerprint density at radius 2 is 1.96 bits per heavy atom. The first kappa shape index (κ1) is 21.2. The maximum atomic E-state index is 12.8. The van der Waals surface area contributed by atoms with Crippen molar-refractivity contribution in [3.05, 3.63) is 18.2 Å². The summed E-state index contributed by atoms with van der Waals surface area (Å²) in [5, 5.41) is 2.74. The number of amides is 2. The third-order valence-electron chi connectivity index (χ3n) is 4.54. The molecule has 1 saturated heterocycles. The lowest BCUT2D eigenvalue weighted by atomic mass is 10.1. The van der Waals surface area contributed by atoms with Crippen LogP contribution in [0.1, 0.15) is 26.7 Å². The standard InChI is InChI=1S/C18H27N3O5S/c1-12(2)18(23)21-10-6-7-15(21)17(22)19-14-11-13(8-9-16(14)26-5)27(24,25)20(3)4/h8-9,11-12,15H,6-7,10H2,1-5H3,(H,19,22). The lowest BCUT2D eigenvalue weighted by molar-refractivity contribution is -0.139. The Hall–Kier alpha value is -2.13. The van der Waals surface area contributed by atoms with E-state index in [1.807, 2.05) is 0 Å². The van der Waals surface area contributed by atoms with Crippen LogP contribution in [0.25, 0.3) is 0 Å². The van der Waals surface area contributed by atoms with Crippen LogP contribution in [0, 0.1) is 5.92 Å². The number of carbonyl (C=O) groups excluding carboxylic acids is 2. The Bertz CT molecular complexity index is 820. The lowest BCUT2D eigenvalue weighted by Gasteiger charge is -2.26. The zero-order chi connectivity index (χ0) is 20.4. The van der Waals surface area contributed by atoms with Gasteiger partial charge in [0, 0.05) is 26.6 Å². The van der Waals surface area contributed by atoms with E-state index in [2.05, 4.69) is 5.32 Å². The van der Waals surface area contributed by atoms with Gasteiger partial charge in [0.2, 0.25) is 21.8 Å². The van der Waals surface area contributed by atoms with Crippen LogP contribution < -0.4 is 10.1 Å². The molecule has 150 valence electrons. The van der Waals surface area contributed by atoms with Gasteiger partial charge in [-0.2, -0.15) is 0 Å². The number of hydrogen-bond donors (Lipinski definition) is 1. The first-order valence-corrected chi connectivity index (χ1v) is 10.3. The fourth-order valence-corrected chi connectivity index (χ4v) is 3.94. The lowest BCUT2D eigenvalue weighted by Crippen LogP contribution is -2.44. The number of rotatable bonds is 6. The van der Waals surface area contributed by atoms with E-state index in [1.165, 1.54) is 39.4 Å². The van der Waals surface area contributed by atoms with Gasteiger partial charge >= 0.3 is 0 Å². The van der Waals surface area contributed by atoms with Crippen molar-refractivity contribution in [1.29, 1.82) is 0 Å². The van der Waals surface area contributed by atoms with E-state index in [1.54, 1.807) is 18.7 Å². The molecule has 1 aliphatic heterocycles. The number of benzene rings is 1. The normalized spacial score (nSPS) is 17.4. The monoisotopic (exact) mass is 397 g/mol. The number of methoxy groups -OCH3 is 1. The van der Waals surface area contributed by atoms with Crippen LogP contribution in [0.15, 0.2) is 23.1 Å². The van der Waals surface area contributed by atoms with Gasteiger partial charge in [0.15, 0.2) is 0 Å². The average Bonchev–Trinajstić information content (AvgIpc) is 3.10. The van der Waals surface area contributed by atoms with Gasteiger partial charge in [-0.15, -0.1) is 0 Å². The Labute approximate surface area is 160 Å². The second-order valence-corrected chi connectivity index (χ2v) is 9.13. The summed E-state index contributed by atoms with van der Waals surface area (Å²) in [5.41, 5.74) is 0.259. The van der Waals surface area contributed by atoms with Crippen LogP contribution in [0.3, 0.4) is 0 Å². The van der Waals surface area contributed by atoms with Crippen molar-refractivity contribution >= 4 is 27.5 Å². The average molecular weight is 397 g/mol. The van der Waals surface area contributed by atoms with E-state index in [-0.39, 0.29) is 28.3 Å². The van der Waals surface area contributed by atoms with Crippen LogP contribution >= 0.6 is 0 Å². The molecule has 1 aromatic carbocycles. The summed E-state index contributed by atoms with van der Waals surface area (Å²) in [4.78, 5) is 26.8. The molecule has 1 aliphatic rings. The third kappa shape index (κ3) is 4.41. The van der Waals surface area contributed by atoms with E-state index in [0.717, 1.165) is 10.7 Å². The van der Waals surface area contributed by atoms with E-state index < -0.39 is 16.1 Å². The minimum absolute atomic E-state index is 0.0464. The fraction of sp³-hybridized carbons (Fsp3) is 0.556. The van der Waals surface area contributed by atoms with E-state index >= 15 is 0 Å². The molecule has 1 N–H and O–H groups in total. The summed E-state index contributed by atoms with van der Waals surface area (Å²) in [5.74, 6) is -0.259. The number of nitrogens with zero attached hydrogens (tertiary/aromatic N) is 2. The predicted molar refractivity (Wildman–Crippen MR) is 102 cm³/mol. The van der Waals surface area contributed by atoms with Gasteiger partial charge in [-0.3, -0.25) is 9.59 Å².